The molecule has 2 nitrogen and oxygen atoms in total. The Morgan fingerprint density at radius 1 is 1.11 bits per heavy atom. The zero-order chi connectivity index (χ0) is 28.0. The van der Waals surface area contributed by atoms with Gasteiger partial charge in [0.2, 0.25) is 0 Å². The summed E-state index contributed by atoms with van der Waals surface area (Å²) in [6, 6.07) is 2.43. The van der Waals surface area contributed by atoms with E-state index in [1.165, 1.54) is 50.1 Å². The Kier molecular flexibility index (Phi) is 8.26. The van der Waals surface area contributed by atoms with Crippen LogP contribution in [0.2, 0.25) is 0 Å². The first-order chi connectivity index (χ1) is 17.0. The van der Waals surface area contributed by atoms with E-state index in [9.17, 15) is 0 Å². The van der Waals surface area contributed by atoms with Gasteiger partial charge in [-0.25, -0.2) is 0 Å². The summed E-state index contributed by atoms with van der Waals surface area (Å²) in [5, 5.41) is 3.67. The van der Waals surface area contributed by atoms with Gasteiger partial charge in [-0.3, -0.25) is 0 Å². The number of nitrogens with two attached hydrogens (primary N) is 1. The quantitative estimate of drug-likeness (QED) is 0.393. The lowest BCUT2D eigenvalue weighted by Gasteiger charge is -2.51. The fourth-order valence-corrected chi connectivity index (χ4v) is 7.79. The van der Waals surface area contributed by atoms with Crippen molar-refractivity contribution in [3.05, 3.63) is 87.2 Å². The molecule has 3 N–H and O–H groups in total. The van der Waals surface area contributed by atoms with Gasteiger partial charge in [-0.2, -0.15) is 0 Å². The van der Waals surface area contributed by atoms with E-state index in [-0.39, 0.29) is 16.9 Å². The van der Waals surface area contributed by atoms with Gasteiger partial charge < -0.3 is 11.1 Å². The molecular weight excluding hydrogens is 448 g/mol. The molecule has 0 saturated heterocycles. The number of rotatable bonds is 7. The average molecular weight is 501 g/mol. The zero-order valence-corrected chi connectivity index (χ0v) is 25.5. The van der Waals surface area contributed by atoms with Crippen LogP contribution in [0.1, 0.15) is 96.0 Å². The van der Waals surface area contributed by atoms with Crippen molar-refractivity contribution in [2.45, 2.75) is 100 Å². The Morgan fingerprint density at radius 3 is 2.24 bits per heavy atom. The van der Waals surface area contributed by atoms with Crippen LogP contribution >= 0.6 is 0 Å². The summed E-state index contributed by atoms with van der Waals surface area (Å²) in [4.78, 5) is 0. The second-order valence-electron chi connectivity index (χ2n) is 13.3. The van der Waals surface area contributed by atoms with Crippen LogP contribution in [0.15, 0.2) is 59.4 Å². The van der Waals surface area contributed by atoms with Crippen molar-refractivity contribution in [3.8, 4) is 0 Å². The minimum absolute atomic E-state index is 0.119. The van der Waals surface area contributed by atoms with Crippen LogP contribution < -0.4 is 11.1 Å². The van der Waals surface area contributed by atoms with Gasteiger partial charge in [0.05, 0.1) is 0 Å². The highest BCUT2D eigenvalue weighted by molar-refractivity contribution is 5.84. The average Bonchev–Trinajstić information content (AvgIpc) is 2.73. The molecule has 3 rings (SSSR count). The molecule has 0 aliphatic heterocycles. The van der Waals surface area contributed by atoms with Crippen LogP contribution in [-0.2, 0) is 12.8 Å². The summed E-state index contributed by atoms with van der Waals surface area (Å²) < 4.78 is 0. The number of fused-ring (bicyclic) bond motifs is 1. The lowest BCUT2D eigenvalue weighted by Crippen LogP contribution is -2.40. The van der Waals surface area contributed by atoms with Crippen LogP contribution in [0.4, 0.5) is 0 Å². The number of aryl methyl sites for hydroxylation is 1. The zero-order valence-electron chi connectivity index (χ0n) is 25.5. The molecule has 2 aliphatic rings. The van der Waals surface area contributed by atoms with Crippen molar-refractivity contribution < 1.29 is 0 Å². The normalized spacial score (nSPS) is 24.4. The van der Waals surface area contributed by atoms with Gasteiger partial charge in [-0.1, -0.05) is 57.7 Å². The maximum Gasteiger partial charge on any atom is 0.0316 e. The molecule has 0 radical (unpaired) electrons. The van der Waals surface area contributed by atoms with Gasteiger partial charge in [-0.05, 0) is 142 Å². The summed E-state index contributed by atoms with van der Waals surface area (Å²) in [5.41, 5.74) is 21.8. The smallest absolute Gasteiger partial charge is 0.0316 e. The number of nitrogens with one attached hydrogen (secondary N) is 1. The van der Waals surface area contributed by atoms with Crippen molar-refractivity contribution in [1.82, 2.24) is 5.32 Å². The van der Waals surface area contributed by atoms with Crippen LogP contribution in [-0.4, -0.2) is 12.1 Å². The minimum atomic E-state index is 0.119. The molecule has 0 aromatic heterocycles. The third-order valence-corrected chi connectivity index (χ3v) is 9.03. The van der Waals surface area contributed by atoms with Gasteiger partial charge in [0.15, 0.2) is 0 Å². The largest absolute Gasteiger partial charge is 0.399 e. The first kappa shape index (κ1) is 29.2. The molecule has 1 aromatic carbocycles. The second kappa shape index (κ2) is 10.4. The standard InChI is InChI=1S/C35H52N2/c1-14-28-17-29(15-16-37-34(10,11)12)23(5)32(22(28)4)24(6)30-20(2)18-35(13)19-21(3)31(27(9)36)26(8)33(35)25(30)7/h17,20,33,37H,6,8-9,14-16,18-19,36H2,1-5,7,10-13H3. The fraction of sp³-hybridized carbons (Fsp3) is 0.543. The number of hydrogen-bond acceptors (Lipinski definition) is 2. The monoisotopic (exact) mass is 500 g/mol. The van der Waals surface area contributed by atoms with Crippen LogP contribution in [0.5, 0.6) is 0 Å². The molecule has 0 fully saturated rings. The van der Waals surface area contributed by atoms with E-state index in [1.807, 2.05) is 0 Å². The summed E-state index contributed by atoms with van der Waals surface area (Å²) in [6.45, 7) is 37.4. The molecule has 37 heavy (non-hydrogen) atoms. The van der Waals surface area contributed by atoms with Crippen LogP contribution in [0, 0.1) is 31.1 Å². The molecule has 0 spiro atoms. The highest BCUT2D eigenvalue weighted by Crippen LogP contribution is 2.59. The molecule has 3 atom stereocenters. The summed E-state index contributed by atoms with van der Waals surface area (Å²) in [7, 11) is 0. The molecule has 2 aliphatic carbocycles. The van der Waals surface area contributed by atoms with Gasteiger partial charge in [0.25, 0.3) is 0 Å². The van der Waals surface area contributed by atoms with E-state index in [4.69, 9.17) is 12.3 Å². The van der Waals surface area contributed by atoms with Crippen molar-refractivity contribution in [3.63, 3.8) is 0 Å². The predicted octanol–water partition coefficient (Wildman–Crippen LogP) is 8.54. The molecule has 0 saturated carbocycles. The predicted molar refractivity (Wildman–Crippen MR) is 164 cm³/mol. The number of allylic oxidation sites excluding steroid dienone is 5. The summed E-state index contributed by atoms with van der Waals surface area (Å²) >= 11 is 0. The minimum Gasteiger partial charge on any atom is -0.399 e. The molecule has 0 heterocycles. The maximum absolute atomic E-state index is 6.27. The Hall–Kier alpha value is -2.32. The molecule has 202 valence electrons. The lowest BCUT2D eigenvalue weighted by molar-refractivity contribution is 0.175. The molecular formula is C35H52N2. The second-order valence-corrected chi connectivity index (χ2v) is 13.3. The Balaban J connectivity index is 2.13. The van der Waals surface area contributed by atoms with Crippen molar-refractivity contribution in [2.24, 2.45) is 23.0 Å². The third-order valence-electron chi connectivity index (χ3n) is 9.03. The number of hydrogen-bond donors (Lipinski definition) is 2. The number of benzene rings is 1. The van der Waals surface area contributed by atoms with E-state index in [2.05, 4.69) is 93.8 Å². The SMILES string of the molecule is C=C(N)C1=C(C)CC2(C)CC(C)C(C(=C)c3c(C)c(CC)cc(CCNC(C)(C)C)c3C)=C(C)C2C1=C. The Bertz CT molecular complexity index is 1200. The third kappa shape index (κ3) is 5.46. The van der Waals surface area contributed by atoms with Gasteiger partial charge >= 0.3 is 0 Å². The lowest BCUT2D eigenvalue weighted by atomic mass is 9.53. The van der Waals surface area contributed by atoms with Gasteiger partial charge in [-0.15, -0.1) is 0 Å². The van der Waals surface area contributed by atoms with E-state index in [0.29, 0.717) is 11.6 Å². The summed E-state index contributed by atoms with van der Waals surface area (Å²) in [5.74, 6) is 0.701. The van der Waals surface area contributed by atoms with Crippen molar-refractivity contribution in [1.29, 1.82) is 0 Å². The van der Waals surface area contributed by atoms with Crippen molar-refractivity contribution >= 4 is 5.57 Å². The van der Waals surface area contributed by atoms with E-state index >= 15 is 0 Å². The van der Waals surface area contributed by atoms with Crippen LogP contribution in [0.3, 0.4) is 0 Å². The van der Waals surface area contributed by atoms with E-state index in [0.717, 1.165) is 43.4 Å². The fourth-order valence-electron chi connectivity index (χ4n) is 7.79. The topological polar surface area (TPSA) is 38.0 Å². The molecule has 0 bridgehead atoms. The maximum atomic E-state index is 6.27. The Labute approximate surface area is 227 Å². The van der Waals surface area contributed by atoms with Crippen LogP contribution in [0.25, 0.3) is 5.57 Å². The van der Waals surface area contributed by atoms with Gasteiger partial charge in [0.1, 0.15) is 0 Å². The Morgan fingerprint density at radius 2 is 1.70 bits per heavy atom. The molecule has 3 unspecified atom stereocenters. The molecule has 2 heteroatoms. The molecule has 1 aromatic rings. The highest BCUT2D eigenvalue weighted by atomic mass is 14.9. The summed E-state index contributed by atoms with van der Waals surface area (Å²) in [6.07, 6.45) is 4.22. The highest BCUT2D eigenvalue weighted by Gasteiger charge is 2.47. The van der Waals surface area contributed by atoms with E-state index in [1.54, 1.807) is 0 Å². The van der Waals surface area contributed by atoms with Gasteiger partial charge in [0, 0.05) is 17.2 Å². The van der Waals surface area contributed by atoms with E-state index < -0.39 is 0 Å². The van der Waals surface area contributed by atoms with Crippen molar-refractivity contribution in [2.75, 3.05) is 6.54 Å². The first-order valence-corrected chi connectivity index (χ1v) is 14.1. The molecule has 0 amide bonds. The first-order valence-electron chi connectivity index (χ1n) is 14.1.